The van der Waals surface area contributed by atoms with E-state index in [4.69, 9.17) is 10.5 Å². The van der Waals surface area contributed by atoms with Crippen LogP contribution in [-0.4, -0.2) is 47.3 Å². The summed E-state index contributed by atoms with van der Waals surface area (Å²) in [4.78, 5) is 14.0. The Morgan fingerprint density at radius 1 is 1.37 bits per heavy atom. The van der Waals surface area contributed by atoms with Crippen molar-refractivity contribution in [2.75, 3.05) is 31.2 Å². The molecule has 2 aromatic heterocycles. The molecular weight excluding hydrogens is 242 g/mol. The molecule has 1 atom stereocenters. The second-order valence-corrected chi connectivity index (χ2v) is 4.53. The minimum Gasteiger partial charge on any atom is -0.377 e. The van der Waals surface area contributed by atoms with Crippen molar-refractivity contribution in [2.45, 2.75) is 6.04 Å². The van der Waals surface area contributed by atoms with Crippen molar-refractivity contribution in [1.29, 1.82) is 0 Å². The molecule has 1 saturated heterocycles. The van der Waals surface area contributed by atoms with E-state index in [-0.39, 0.29) is 6.04 Å². The van der Waals surface area contributed by atoms with Gasteiger partial charge in [0, 0.05) is 49.0 Å². The number of aromatic amines is 1. The van der Waals surface area contributed by atoms with Gasteiger partial charge in [0.2, 0.25) is 5.95 Å². The molecule has 0 bridgehead atoms. The number of rotatable bonds is 3. The highest BCUT2D eigenvalue weighted by atomic mass is 16.5. The molecule has 6 heteroatoms. The highest BCUT2D eigenvalue weighted by molar-refractivity contribution is 5.61. The maximum atomic E-state index is 5.76. The summed E-state index contributed by atoms with van der Waals surface area (Å²) >= 11 is 0. The van der Waals surface area contributed by atoms with Crippen molar-refractivity contribution in [3.63, 3.8) is 0 Å². The van der Waals surface area contributed by atoms with Crippen molar-refractivity contribution in [2.24, 2.45) is 5.73 Å². The fourth-order valence-electron chi connectivity index (χ4n) is 2.24. The number of aromatic nitrogens is 3. The van der Waals surface area contributed by atoms with Crippen LogP contribution in [0.2, 0.25) is 0 Å². The highest BCUT2D eigenvalue weighted by Gasteiger charge is 2.23. The van der Waals surface area contributed by atoms with Crippen LogP contribution in [0.3, 0.4) is 0 Å². The van der Waals surface area contributed by atoms with Crippen molar-refractivity contribution >= 4 is 5.95 Å². The van der Waals surface area contributed by atoms with Gasteiger partial charge in [0.25, 0.3) is 0 Å². The number of nitrogens with zero attached hydrogens (tertiary/aromatic N) is 3. The standard InChI is InChI=1S/C13H17N5O/c14-5-12-9-19-4-3-18(12)13-16-7-11(8-17-13)10-1-2-15-6-10/h1-2,6-8,12,15H,3-5,9,14H2. The number of hydrogen-bond donors (Lipinski definition) is 2. The van der Waals surface area contributed by atoms with Crippen LogP contribution >= 0.6 is 0 Å². The smallest absolute Gasteiger partial charge is 0.225 e. The van der Waals surface area contributed by atoms with Gasteiger partial charge in [0.1, 0.15) is 0 Å². The van der Waals surface area contributed by atoms with Crippen molar-refractivity contribution in [1.82, 2.24) is 15.0 Å². The molecule has 2 aromatic rings. The third kappa shape index (κ3) is 2.45. The lowest BCUT2D eigenvalue weighted by atomic mass is 10.2. The lowest BCUT2D eigenvalue weighted by Crippen LogP contribution is -2.50. The van der Waals surface area contributed by atoms with Crippen LogP contribution in [0.5, 0.6) is 0 Å². The molecule has 0 aromatic carbocycles. The highest BCUT2D eigenvalue weighted by Crippen LogP contribution is 2.19. The average molecular weight is 259 g/mol. The second-order valence-electron chi connectivity index (χ2n) is 4.53. The molecule has 3 N–H and O–H groups in total. The summed E-state index contributed by atoms with van der Waals surface area (Å²) in [7, 11) is 0. The van der Waals surface area contributed by atoms with E-state index in [0.29, 0.717) is 19.8 Å². The van der Waals surface area contributed by atoms with Gasteiger partial charge >= 0.3 is 0 Å². The van der Waals surface area contributed by atoms with E-state index in [0.717, 1.165) is 23.6 Å². The number of ether oxygens (including phenoxy) is 1. The zero-order valence-electron chi connectivity index (χ0n) is 10.6. The third-order valence-corrected chi connectivity index (χ3v) is 3.33. The molecule has 1 unspecified atom stereocenters. The molecule has 0 amide bonds. The summed E-state index contributed by atoms with van der Waals surface area (Å²) in [5, 5.41) is 0. The van der Waals surface area contributed by atoms with Crippen molar-refractivity contribution in [3.05, 3.63) is 30.9 Å². The normalized spacial score (nSPS) is 19.6. The molecule has 1 aliphatic rings. The van der Waals surface area contributed by atoms with Gasteiger partial charge in [-0.3, -0.25) is 0 Å². The van der Waals surface area contributed by atoms with Gasteiger partial charge in [0.05, 0.1) is 19.3 Å². The topological polar surface area (TPSA) is 80.1 Å². The van der Waals surface area contributed by atoms with Gasteiger partial charge in [0.15, 0.2) is 0 Å². The first kappa shape index (κ1) is 12.1. The Morgan fingerprint density at radius 2 is 2.21 bits per heavy atom. The van der Waals surface area contributed by atoms with E-state index in [1.807, 2.05) is 30.9 Å². The monoisotopic (exact) mass is 259 g/mol. The molecule has 19 heavy (non-hydrogen) atoms. The quantitative estimate of drug-likeness (QED) is 0.845. The van der Waals surface area contributed by atoms with Gasteiger partial charge in [-0.15, -0.1) is 0 Å². The third-order valence-electron chi connectivity index (χ3n) is 3.33. The number of nitrogens with two attached hydrogens (primary N) is 1. The van der Waals surface area contributed by atoms with E-state index >= 15 is 0 Å². The van der Waals surface area contributed by atoms with Crippen LogP contribution in [0, 0.1) is 0 Å². The van der Waals surface area contributed by atoms with E-state index in [9.17, 15) is 0 Å². The largest absolute Gasteiger partial charge is 0.377 e. The first-order valence-corrected chi connectivity index (χ1v) is 6.38. The molecule has 1 aliphatic heterocycles. The van der Waals surface area contributed by atoms with Gasteiger partial charge in [-0.25, -0.2) is 9.97 Å². The van der Waals surface area contributed by atoms with Crippen LogP contribution in [-0.2, 0) is 4.74 Å². The van der Waals surface area contributed by atoms with Gasteiger partial charge in [-0.1, -0.05) is 0 Å². The number of nitrogens with one attached hydrogen (secondary N) is 1. The molecule has 100 valence electrons. The van der Waals surface area contributed by atoms with Gasteiger partial charge in [-0.2, -0.15) is 0 Å². The van der Waals surface area contributed by atoms with Crippen LogP contribution in [0.15, 0.2) is 30.9 Å². The molecule has 3 heterocycles. The Morgan fingerprint density at radius 3 is 2.89 bits per heavy atom. The Hall–Kier alpha value is -1.92. The van der Waals surface area contributed by atoms with E-state index in [1.54, 1.807) is 0 Å². The Labute approximate surface area is 111 Å². The summed E-state index contributed by atoms with van der Waals surface area (Å²) in [6.45, 7) is 2.66. The van der Waals surface area contributed by atoms with E-state index in [1.165, 1.54) is 0 Å². The molecule has 0 radical (unpaired) electrons. The zero-order valence-corrected chi connectivity index (χ0v) is 10.6. The Kier molecular flexibility index (Phi) is 3.43. The zero-order chi connectivity index (χ0) is 13.1. The first-order valence-electron chi connectivity index (χ1n) is 6.38. The van der Waals surface area contributed by atoms with Crippen molar-refractivity contribution in [3.8, 4) is 11.1 Å². The summed E-state index contributed by atoms with van der Waals surface area (Å²) in [6.07, 6.45) is 7.49. The molecule has 0 aliphatic carbocycles. The molecule has 0 saturated carbocycles. The predicted octanol–water partition coefficient (Wildman–Crippen LogP) is 0.636. The SMILES string of the molecule is NCC1COCCN1c1ncc(-c2cc[nH]c2)cn1. The van der Waals surface area contributed by atoms with Crippen LogP contribution in [0.1, 0.15) is 0 Å². The number of hydrogen-bond acceptors (Lipinski definition) is 5. The lowest BCUT2D eigenvalue weighted by Gasteiger charge is -2.34. The molecule has 1 fully saturated rings. The fourth-order valence-corrected chi connectivity index (χ4v) is 2.24. The van der Waals surface area contributed by atoms with Crippen molar-refractivity contribution < 1.29 is 4.74 Å². The maximum absolute atomic E-state index is 5.76. The summed E-state index contributed by atoms with van der Waals surface area (Å²) in [5.41, 5.74) is 7.85. The molecular formula is C13H17N5O. The second kappa shape index (κ2) is 5.38. The van der Waals surface area contributed by atoms with Gasteiger partial charge < -0.3 is 20.4 Å². The fraction of sp³-hybridized carbons (Fsp3) is 0.385. The van der Waals surface area contributed by atoms with Crippen LogP contribution in [0.25, 0.3) is 11.1 Å². The molecule has 6 nitrogen and oxygen atoms in total. The van der Waals surface area contributed by atoms with E-state index < -0.39 is 0 Å². The summed E-state index contributed by atoms with van der Waals surface area (Å²) in [5.74, 6) is 0.720. The number of H-pyrrole nitrogens is 1. The minimum absolute atomic E-state index is 0.159. The van der Waals surface area contributed by atoms with Gasteiger partial charge in [-0.05, 0) is 6.07 Å². The lowest BCUT2D eigenvalue weighted by molar-refractivity contribution is 0.0954. The average Bonchev–Trinajstić information content (AvgIpc) is 3.02. The molecule has 3 rings (SSSR count). The van der Waals surface area contributed by atoms with E-state index in [2.05, 4.69) is 19.9 Å². The summed E-state index contributed by atoms with van der Waals surface area (Å²) < 4.78 is 5.43. The van der Waals surface area contributed by atoms with Crippen LogP contribution in [0.4, 0.5) is 5.95 Å². The predicted molar refractivity (Wildman–Crippen MR) is 72.8 cm³/mol. The first-order chi connectivity index (χ1) is 9.38. The maximum Gasteiger partial charge on any atom is 0.225 e. The molecule has 0 spiro atoms. The summed E-state index contributed by atoms with van der Waals surface area (Å²) in [6, 6.07) is 2.15. The number of anilines is 1. The Bertz CT molecular complexity index is 510. The Balaban J connectivity index is 1.81. The minimum atomic E-state index is 0.159. The van der Waals surface area contributed by atoms with Crippen LogP contribution < -0.4 is 10.6 Å². The number of morpholine rings is 1.